The van der Waals surface area contributed by atoms with Crippen molar-refractivity contribution in [1.29, 1.82) is 5.26 Å². The van der Waals surface area contributed by atoms with Gasteiger partial charge in [-0.3, -0.25) is 14.9 Å². The summed E-state index contributed by atoms with van der Waals surface area (Å²) in [5.41, 5.74) is 2.53. The van der Waals surface area contributed by atoms with Crippen LogP contribution in [0, 0.1) is 21.4 Å². The van der Waals surface area contributed by atoms with E-state index in [1.807, 2.05) is 6.07 Å². The zero-order valence-electron chi connectivity index (χ0n) is 15.0. The summed E-state index contributed by atoms with van der Waals surface area (Å²) in [6.45, 7) is -0.365. The van der Waals surface area contributed by atoms with E-state index >= 15 is 0 Å². The summed E-state index contributed by atoms with van der Waals surface area (Å²) in [5, 5.41) is 23.8. The minimum atomic E-state index is -0.603. The Bertz CT molecular complexity index is 952. The van der Waals surface area contributed by atoms with Gasteiger partial charge in [0.15, 0.2) is 6.61 Å². The van der Waals surface area contributed by atoms with Gasteiger partial charge in [-0.15, -0.1) is 0 Å². The number of hydrazone groups is 1. The highest BCUT2D eigenvalue weighted by atomic mass is 16.6. The van der Waals surface area contributed by atoms with Crippen LogP contribution >= 0.6 is 0 Å². The summed E-state index contributed by atoms with van der Waals surface area (Å²) in [7, 11) is 2.69. The molecule has 10 nitrogen and oxygen atoms in total. The Morgan fingerprint density at radius 1 is 1.25 bits per heavy atom. The number of nitrogens with zero attached hydrogens (tertiary/aromatic N) is 3. The van der Waals surface area contributed by atoms with Crippen molar-refractivity contribution < 1.29 is 23.9 Å². The average molecular weight is 384 g/mol. The summed E-state index contributed by atoms with van der Waals surface area (Å²) in [4.78, 5) is 22.4. The minimum absolute atomic E-state index is 0.0348. The van der Waals surface area contributed by atoms with Crippen LogP contribution < -0.4 is 19.6 Å². The number of carbonyl (C=O) groups excluding carboxylic acids is 1. The molecule has 0 atom stereocenters. The first-order valence-electron chi connectivity index (χ1n) is 7.84. The Balaban J connectivity index is 2.05. The number of ether oxygens (including phenoxy) is 3. The van der Waals surface area contributed by atoms with Crippen molar-refractivity contribution >= 4 is 17.8 Å². The molecule has 0 bridgehead atoms. The summed E-state index contributed by atoms with van der Waals surface area (Å²) in [6, 6.07) is 11.0. The van der Waals surface area contributed by atoms with Crippen LogP contribution in [0.2, 0.25) is 0 Å². The highest BCUT2D eigenvalue weighted by molar-refractivity contribution is 5.87. The molecule has 1 N–H and O–H groups in total. The van der Waals surface area contributed by atoms with E-state index in [9.17, 15) is 14.9 Å². The number of nitrogens with one attached hydrogen (secondary N) is 1. The lowest BCUT2D eigenvalue weighted by atomic mass is 10.1. The molecule has 144 valence electrons. The van der Waals surface area contributed by atoms with Crippen LogP contribution in [0.25, 0.3) is 0 Å². The fraction of sp³-hybridized carbons (Fsp3) is 0.167. The molecule has 0 fully saturated rings. The topological polar surface area (TPSA) is 136 Å². The number of nitro benzene ring substituents is 1. The van der Waals surface area contributed by atoms with Crippen LogP contribution in [-0.2, 0) is 4.79 Å². The van der Waals surface area contributed by atoms with Gasteiger partial charge in [-0.05, 0) is 12.1 Å². The standard InChI is InChI=1S/C18H16N4O6/c1-26-16-8-17(27-2)14(22(24)25)7-13(16)10-20-21-18(23)11-28-15-6-4-3-5-12(15)9-19/h3-8,10H,11H2,1-2H3,(H,21,23). The molecule has 0 saturated carbocycles. The number of hydrogen-bond donors (Lipinski definition) is 1. The van der Waals surface area contributed by atoms with Crippen molar-refractivity contribution in [2.24, 2.45) is 5.10 Å². The number of benzene rings is 2. The van der Waals surface area contributed by atoms with Gasteiger partial charge in [0, 0.05) is 17.7 Å². The number of carbonyl (C=O) groups is 1. The number of para-hydroxylation sites is 1. The molecule has 0 radical (unpaired) electrons. The fourth-order valence-electron chi connectivity index (χ4n) is 2.18. The molecule has 0 spiro atoms. The largest absolute Gasteiger partial charge is 0.496 e. The third kappa shape index (κ3) is 4.95. The lowest BCUT2D eigenvalue weighted by molar-refractivity contribution is -0.385. The van der Waals surface area contributed by atoms with E-state index in [1.54, 1.807) is 24.3 Å². The van der Waals surface area contributed by atoms with Crippen LogP contribution in [0.15, 0.2) is 41.5 Å². The molecule has 0 heterocycles. The monoisotopic (exact) mass is 384 g/mol. The summed E-state index contributed by atoms with van der Waals surface area (Å²) >= 11 is 0. The second-order valence-corrected chi connectivity index (χ2v) is 5.21. The summed E-state index contributed by atoms with van der Waals surface area (Å²) in [5.74, 6) is 0.00906. The highest BCUT2D eigenvalue weighted by Crippen LogP contribution is 2.33. The predicted octanol–water partition coefficient (Wildman–Crippen LogP) is 2.01. The van der Waals surface area contributed by atoms with Crippen molar-refractivity contribution in [2.75, 3.05) is 20.8 Å². The smallest absolute Gasteiger partial charge is 0.311 e. The fourth-order valence-corrected chi connectivity index (χ4v) is 2.18. The predicted molar refractivity (Wildman–Crippen MR) is 98.6 cm³/mol. The molecule has 2 rings (SSSR count). The third-order valence-electron chi connectivity index (χ3n) is 3.49. The van der Waals surface area contributed by atoms with E-state index < -0.39 is 10.8 Å². The first-order chi connectivity index (χ1) is 13.5. The number of methoxy groups -OCH3 is 2. The van der Waals surface area contributed by atoms with Gasteiger partial charge in [0.05, 0.1) is 30.9 Å². The molecule has 0 aromatic heterocycles. The summed E-state index contributed by atoms with van der Waals surface area (Å²) < 4.78 is 15.4. The van der Waals surface area contributed by atoms with Gasteiger partial charge in [-0.2, -0.15) is 10.4 Å². The van der Waals surface area contributed by atoms with E-state index in [4.69, 9.17) is 19.5 Å². The van der Waals surface area contributed by atoms with Crippen LogP contribution in [-0.4, -0.2) is 37.9 Å². The van der Waals surface area contributed by atoms with Gasteiger partial charge >= 0.3 is 5.69 Å². The molecular formula is C18H16N4O6. The van der Waals surface area contributed by atoms with Gasteiger partial charge < -0.3 is 14.2 Å². The first-order valence-corrected chi connectivity index (χ1v) is 7.84. The molecule has 0 saturated heterocycles. The highest BCUT2D eigenvalue weighted by Gasteiger charge is 2.18. The maximum atomic E-state index is 11.8. The van der Waals surface area contributed by atoms with Crippen LogP contribution in [0.1, 0.15) is 11.1 Å². The normalized spacial score (nSPS) is 10.2. The van der Waals surface area contributed by atoms with Crippen LogP contribution in [0.3, 0.4) is 0 Å². The molecule has 0 aliphatic carbocycles. The Morgan fingerprint density at radius 2 is 1.96 bits per heavy atom. The van der Waals surface area contributed by atoms with E-state index in [-0.39, 0.29) is 35.1 Å². The van der Waals surface area contributed by atoms with Crippen molar-refractivity contribution in [2.45, 2.75) is 0 Å². The zero-order chi connectivity index (χ0) is 20.5. The van der Waals surface area contributed by atoms with E-state index in [1.165, 1.54) is 32.6 Å². The maximum Gasteiger partial charge on any atom is 0.311 e. The second-order valence-electron chi connectivity index (χ2n) is 5.21. The number of amides is 1. The molecule has 2 aromatic rings. The maximum absolute atomic E-state index is 11.8. The number of nitro groups is 1. The molecule has 28 heavy (non-hydrogen) atoms. The minimum Gasteiger partial charge on any atom is -0.496 e. The molecule has 1 amide bonds. The Kier molecular flexibility index (Phi) is 6.87. The van der Waals surface area contributed by atoms with Gasteiger partial charge in [-0.25, -0.2) is 5.43 Å². The number of nitriles is 1. The first kappa shape index (κ1) is 20.2. The van der Waals surface area contributed by atoms with Gasteiger partial charge in [-0.1, -0.05) is 12.1 Å². The van der Waals surface area contributed by atoms with E-state index in [2.05, 4.69) is 10.5 Å². The molecule has 0 aliphatic heterocycles. The average Bonchev–Trinajstić information content (AvgIpc) is 2.71. The zero-order valence-corrected chi connectivity index (χ0v) is 15.0. The number of rotatable bonds is 8. The lowest BCUT2D eigenvalue weighted by Crippen LogP contribution is -2.24. The van der Waals surface area contributed by atoms with Crippen molar-refractivity contribution in [1.82, 2.24) is 5.43 Å². The van der Waals surface area contributed by atoms with Crippen molar-refractivity contribution in [3.05, 3.63) is 57.6 Å². The van der Waals surface area contributed by atoms with Gasteiger partial charge in [0.1, 0.15) is 17.6 Å². The van der Waals surface area contributed by atoms with Gasteiger partial charge in [0.25, 0.3) is 5.91 Å². The van der Waals surface area contributed by atoms with Crippen LogP contribution in [0.4, 0.5) is 5.69 Å². The molecule has 0 aliphatic rings. The second kappa shape index (κ2) is 9.54. The van der Waals surface area contributed by atoms with Crippen molar-refractivity contribution in [3.63, 3.8) is 0 Å². The Hall–Kier alpha value is -4.13. The molecule has 0 unspecified atom stereocenters. The summed E-state index contributed by atoms with van der Waals surface area (Å²) in [6.07, 6.45) is 1.20. The van der Waals surface area contributed by atoms with Gasteiger partial charge in [0.2, 0.25) is 5.75 Å². The third-order valence-corrected chi connectivity index (χ3v) is 3.49. The lowest BCUT2D eigenvalue weighted by Gasteiger charge is -2.08. The van der Waals surface area contributed by atoms with E-state index in [0.29, 0.717) is 5.56 Å². The van der Waals surface area contributed by atoms with E-state index in [0.717, 1.165) is 0 Å². The Morgan fingerprint density at radius 3 is 2.61 bits per heavy atom. The molecule has 2 aromatic carbocycles. The Labute approximate surface area is 160 Å². The quantitative estimate of drug-likeness (QED) is 0.417. The SMILES string of the molecule is COc1cc(OC)c([N+](=O)[O-])cc1C=NNC(=O)COc1ccccc1C#N. The van der Waals surface area contributed by atoms with Crippen LogP contribution in [0.5, 0.6) is 17.2 Å². The number of hydrogen-bond acceptors (Lipinski definition) is 8. The van der Waals surface area contributed by atoms with Crippen molar-refractivity contribution in [3.8, 4) is 23.3 Å². The molecular weight excluding hydrogens is 368 g/mol. The molecule has 10 heteroatoms.